The van der Waals surface area contributed by atoms with E-state index >= 15 is 0 Å². The Morgan fingerprint density at radius 3 is 2.47 bits per heavy atom. The van der Waals surface area contributed by atoms with Crippen molar-refractivity contribution in [3.63, 3.8) is 0 Å². The van der Waals surface area contributed by atoms with Crippen molar-refractivity contribution in [2.45, 2.75) is 6.92 Å². The average molecular weight is 242 g/mol. The second-order valence-corrected chi connectivity index (χ2v) is 3.72. The maximum Gasteiger partial charge on any atom is 0.218 e. The molecular formula is C11H9Cl2NO. The number of rotatable bonds is 0. The maximum atomic E-state index is 9.21. The number of aromatic nitrogens is 1. The Balaban J connectivity index is 0.000000245. The van der Waals surface area contributed by atoms with Crippen LogP contribution >= 0.6 is 23.2 Å². The van der Waals surface area contributed by atoms with E-state index in [0.717, 1.165) is 15.9 Å². The Morgan fingerprint density at radius 1 is 1.27 bits per heavy atom. The van der Waals surface area contributed by atoms with Gasteiger partial charge in [-0.25, -0.2) is 0 Å². The van der Waals surface area contributed by atoms with E-state index in [1.54, 1.807) is 12.3 Å². The summed E-state index contributed by atoms with van der Waals surface area (Å²) in [6.45, 7) is 1.29. The standard InChI is InChI=1S/C9H6ClN.C2H3ClO/c10-8-5-6-11-9-4-2-1-3-7(8)9;1-2(3)4/h1-6H;1H3. The van der Waals surface area contributed by atoms with Gasteiger partial charge in [0.1, 0.15) is 0 Å². The normalized spacial score (nSPS) is 9.27. The first kappa shape index (κ1) is 12.0. The van der Waals surface area contributed by atoms with Crippen molar-refractivity contribution in [2.75, 3.05) is 0 Å². The third-order valence-corrected chi connectivity index (χ3v) is 1.93. The van der Waals surface area contributed by atoms with Crippen LogP contribution in [-0.4, -0.2) is 10.2 Å². The van der Waals surface area contributed by atoms with Crippen molar-refractivity contribution in [1.82, 2.24) is 4.98 Å². The third kappa shape index (κ3) is 3.86. The monoisotopic (exact) mass is 241 g/mol. The number of hydrogen-bond acceptors (Lipinski definition) is 2. The van der Waals surface area contributed by atoms with Crippen LogP contribution in [0.4, 0.5) is 0 Å². The minimum Gasteiger partial charge on any atom is -0.282 e. The molecule has 0 atom stereocenters. The molecule has 2 nitrogen and oxygen atoms in total. The van der Waals surface area contributed by atoms with Crippen molar-refractivity contribution in [3.8, 4) is 0 Å². The van der Waals surface area contributed by atoms with E-state index in [0.29, 0.717) is 0 Å². The van der Waals surface area contributed by atoms with Crippen LogP contribution in [0, 0.1) is 0 Å². The van der Waals surface area contributed by atoms with Gasteiger partial charge in [0.2, 0.25) is 5.24 Å². The summed E-state index contributed by atoms with van der Waals surface area (Å²) < 4.78 is 0. The topological polar surface area (TPSA) is 30.0 Å². The first-order chi connectivity index (χ1) is 7.11. The summed E-state index contributed by atoms with van der Waals surface area (Å²) in [4.78, 5) is 13.4. The molecule has 0 aliphatic rings. The molecule has 0 unspecified atom stereocenters. The van der Waals surface area contributed by atoms with Crippen LogP contribution in [0.5, 0.6) is 0 Å². The number of hydrogen-bond donors (Lipinski definition) is 0. The maximum absolute atomic E-state index is 9.21. The lowest BCUT2D eigenvalue weighted by Gasteiger charge is -1.96. The number of carbonyl (C=O) groups excluding carboxylic acids is 1. The smallest absolute Gasteiger partial charge is 0.218 e. The van der Waals surface area contributed by atoms with E-state index in [2.05, 4.69) is 16.6 Å². The summed E-state index contributed by atoms with van der Waals surface area (Å²) in [7, 11) is 0. The zero-order valence-electron chi connectivity index (χ0n) is 8.08. The number of fused-ring (bicyclic) bond motifs is 1. The van der Waals surface area contributed by atoms with Crippen molar-refractivity contribution < 1.29 is 4.79 Å². The predicted molar refractivity (Wildman–Crippen MR) is 63.3 cm³/mol. The molecule has 0 saturated heterocycles. The zero-order chi connectivity index (χ0) is 11.3. The van der Waals surface area contributed by atoms with Crippen LogP contribution in [0.2, 0.25) is 5.02 Å². The van der Waals surface area contributed by atoms with Crippen LogP contribution < -0.4 is 0 Å². The molecule has 0 aliphatic carbocycles. The highest BCUT2D eigenvalue weighted by atomic mass is 35.5. The Bertz CT molecular complexity index is 462. The van der Waals surface area contributed by atoms with Gasteiger partial charge in [-0.15, -0.1) is 0 Å². The molecule has 0 fully saturated rings. The lowest BCUT2D eigenvalue weighted by atomic mass is 10.2. The van der Waals surface area contributed by atoms with Gasteiger partial charge in [0.15, 0.2) is 0 Å². The van der Waals surface area contributed by atoms with E-state index in [1.165, 1.54) is 6.92 Å². The SMILES string of the molecule is CC(=O)Cl.Clc1ccnc2ccccc12. The van der Waals surface area contributed by atoms with E-state index in [1.807, 2.05) is 24.3 Å². The zero-order valence-corrected chi connectivity index (χ0v) is 9.59. The van der Waals surface area contributed by atoms with Crippen LogP contribution in [-0.2, 0) is 4.79 Å². The van der Waals surface area contributed by atoms with Gasteiger partial charge in [0.25, 0.3) is 0 Å². The van der Waals surface area contributed by atoms with Crippen LogP contribution in [0.15, 0.2) is 36.5 Å². The molecule has 0 aliphatic heterocycles. The molecule has 0 amide bonds. The van der Waals surface area contributed by atoms with Gasteiger partial charge in [-0.05, 0) is 23.7 Å². The molecule has 0 bridgehead atoms. The molecule has 2 rings (SSSR count). The van der Waals surface area contributed by atoms with Crippen LogP contribution in [0.3, 0.4) is 0 Å². The molecular weight excluding hydrogens is 233 g/mol. The van der Waals surface area contributed by atoms with Crippen LogP contribution in [0.1, 0.15) is 6.92 Å². The number of carbonyl (C=O) groups is 1. The number of benzene rings is 1. The number of nitrogens with zero attached hydrogens (tertiary/aromatic N) is 1. The lowest BCUT2D eigenvalue weighted by molar-refractivity contribution is -0.109. The second-order valence-electron chi connectivity index (χ2n) is 2.78. The molecule has 1 heterocycles. The fourth-order valence-electron chi connectivity index (χ4n) is 1.06. The highest BCUT2D eigenvalue weighted by Gasteiger charge is 1.95. The van der Waals surface area contributed by atoms with E-state index < -0.39 is 0 Å². The van der Waals surface area contributed by atoms with Gasteiger partial charge in [0, 0.05) is 18.5 Å². The minimum atomic E-state index is -0.361. The Hall–Kier alpha value is -1.12. The average Bonchev–Trinajstić information content (AvgIpc) is 2.18. The highest BCUT2D eigenvalue weighted by Crippen LogP contribution is 2.19. The first-order valence-electron chi connectivity index (χ1n) is 4.26. The fraction of sp³-hybridized carbons (Fsp3) is 0.0909. The van der Waals surface area contributed by atoms with Gasteiger partial charge in [-0.3, -0.25) is 9.78 Å². The molecule has 0 saturated carbocycles. The molecule has 78 valence electrons. The van der Waals surface area contributed by atoms with Crippen molar-refractivity contribution >= 4 is 39.3 Å². The summed E-state index contributed by atoms with van der Waals surface area (Å²) in [5.74, 6) is 0. The predicted octanol–water partition coefficient (Wildman–Crippen LogP) is 3.66. The largest absolute Gasteiger partial charge is 0.282 e. The molecule has 1 aromatic carbocycles. The van der Waals surface area contributed by atoms with Crippen molar-refractivity contribution in [3.05, 3.63) is 41.6 Å². The molecule has 0 N–H and O–H groups in total. The van der Waals surface area contributed by atoms with Gasteiger partial charge in [-0.2, -0.15) is 0 Å². The highest BCUT2D eigenvalue weighted by molar-refractivity contribution is 6.62. The molecule has 0 radical (unpaired) electrons. The van der Waals surface area contributed by atoms with Crippen molar-refractivity contribution in [2.24, 2.45) is 0 Å². The minimum absolute atomic E-state index is 0.361. The van der Waals surface area contributed by atoms with E-state index in [-0.39, 0.29) is 5.24 Å². The van der Waals surface area contributed by atoms with Crippen LogP contribution in [0.25, 0.3) is 10.9 Å². The number of pyridine rings is 1. The third-order valence-electron chi connectivity index (χ3n) is 1.60. The van der Waals surface area contributed by atoms with Gasteiger partial charge >= 0.3 is 0 Å². The summed E-state index contributed by atoms with van der Waals surface area (Å²) in [6, 6.07) is 9.61. The van der Waals surface area contributed by atoms with Crippen molar-refractivity contribution in [1.29, 1.82) is 0 Å². The Morgan fingerprint density at radius 2 is 1.87 bits per heavy atom. The summed E-state index contributed by atoms with van der Waals surface area (Å²) in [5.41, 5.74) is 0.944. The summed E-state index contributed by atoms with van der Waals surface area (Å²) in [5, 5.41) is 1.41. The van der Waals surface area contributed by atoms with Gasteiger partial charge in [-0.1, -0.05) is 29.8 Å². The van der Waals surface area contributed by atoms with E-state index in [9.17, 15) is 4.79 Å². The Kier molecular flexibility index (Phi) is 4.53. The summed E-state index contributed by atoms with van der Waals surface area (Å²) in [6.07, 6.45) is 1.71. The first-order valence-corrected chi connectivity index (χ1v) is 5.02. The second kappa shape index (κ2) is 5.69. The number of halogens is 2. The Labute approximate surface area is 97.8 Å². The quantitative estimate of drug-likeness (QED) is 0.660. The molecule has 4 heteroatoms. The summed E-state index contributed by atoms with van der Waals surface area (Å²) >= 11 is 10.6. The lowest BCUT2D eigenvalue weighted by Crippen LogP contribution is -1.76. The van der Waals surface area contributed by atoms with Gasteiger partial charge < -0.3 is 0 Å². The molecule has 1 aromatic heterocycles. The molecule has 2 aromatic rings. The molecule has 0 spiro atoms. The molecule has 15 heavy (non-hydrogen) atoms. The van der Waals surface area contributed by atoms with Gasteiger partial charge in [0.05, 0.1) is 10.5 Å². The fourth-order valence-corrected chi connectivity index (χ4v) is 1.28. The number of para-hydroxylation sites is 1. The van der Waals surface area contributed by atoms with E-state index in [4.69, 9.17) is 11.6 Å².